The molecule has 114 valence electrons. The second-order valence-electron chi connectivity index (χ2n) is 5.91. The van der Waals surface area contributed by atoms with Crippen LogP contribution in [-0.2, 0) is 16.0 Å². The summed E-state index contributed by atoms with van der Waals surface area (Å²) in [7, 11) is 0. The van der Waals surface area contributed by atoms with Crippen LogP contribution < -0.4 is 0 Å². The molecule has 0 radical (unpaired) electrons. The summed E-state index contributed by atoms with van der Waals surface area (Å²) in [6.07, 6.45) is 1.57. The monoisotopic (exact) mass is 293 g/mol. The van der Waals surface area contributed by atoms with Crippen molar-refractivity contribution in [2.24, 2.45) is 5.92 Å². The Morgan fingerprint density at radius 2 is 2.19 bits per heavy atom. The summed E-state index contributed by atoms with van der Waals surface area (Å²) in [5, 5.41) is 9.36. The van der Waals surface area contributed by atoms with Crippen molar-refractivity contribution in [3.05, 3.63) is 35.6 Å². The third kappa shape index (κ3) is 3.06. The average Bonchev–Trinajstić information content (AvgIpc) is 2.81. The highest BCUT2D eigenvalue weighted by Crippen LogP contribution is 2.31. The Morgan fingerprint density at radius 1 is 1.48 bits per heavy atom. The Bertz CT molecular complexity index is 560. The number of carboxylic acid groups (broad SMARTS) is 1. The van der Waals surface area contributed by atoms with Crippen molar-refractivity contribution in [3.63, 3.8) is 0 Å². The van der Waals surface area contributed by atoms with Crippen molar-refractivity contribution < 1.29 is 19.1 Å². The van der Waals surface area contributed by atoms with Gasteiger partial charge >= 0.3 is 5.97 Å². The first-order valence-corrected chi connectivity index (χ1v) is 7.14. The first-order chi connectivity index (χ1) is 9.84. The number of carboxylic acids is 1. The van der Waals surface area contributed by atoms with E-state index in [1.807, 2.05) is 0 Å². The fourth-order valence-electron chi connectivity index (χ4n) is 2.91. The number of carbonyl (C=O) groups is 2. The highest BCUT2D eigenvalue weighted by atomic mass is 19.1. The Morgan fingerprint density at radius 3 is 2.81 bits per heavy atom. The van der Waals surface area contributed by atoms with Crippen LogP contribution in [0.3, 0.4) is 0 Å². The van der Waals surface area contributed by atoms with Gasteiger partial charge in [0.2, 0.25) is 5.91 Å². The first-order valence-electron chi connectivity index (χ1n) is 7.14. The maximum atomic E-state index is 13.2. The van der Waals surface area contributed by atoms with E-state index in [0.717, 1.165) is 5.56 Å². The van der Waals surface area contributed by atoms with E-state index < -0.39 is 11.5 Å². The summed E-state index contributed by atoms with van der Waals surface area (Å²) in [5.41, 5.74) is -0.375. The zero-order valence-electron chi connectivity index (χ0n) is 12.3. The number of halogens is 1. The number of aliphatic carboxylic acids is 1. The second-order valence-corrected chi connectivity index (χ2v) is 5.91. The van der Waals surface area contributed by atoms with Gasteiger partial charge in [-0.05, 0) is 43.9 Å². The zero-order chi connectivity index (χ0) is 15.6. The van der Waals surface area contributed by atoms with Crippen LogP contribution >= 0.6 is 0 Å². The first kappa shape index (κ1) is 15.5. The Labute approximate surface area is 123 Å². The minimum Gasteiger partial charge on any atom is -0.480 e. The molecule has 4 nitrogen and oxygen atoms in total. The van der Waals surface area contributed by atoms with Gasteiger partial charge in [0.05, 0.1) is 0 Å². The van der Waals surface area contributed by atoms with E-state index in [1.165, 1.54) is 17.0 Å². The molecule has 21 heavy (non-hydrogen) atoms. The molecule has 1 heterocycles. The van der Waals surface area contributed by atoms with Gasteiger partial charge in [-0.2, -0.15) is 0 Å². The van der Waals surface area contributed by atoms with Gasteiger partial charge in [-0.15, -0.1) is 0 Å². The normalized spacial score (nSPS) is 23.1. The lowest BCUT2D eigenvalue weighted by Crippen LogP contribution is -2.52. The van der Waals surface area contributed by atoms with Crippen molar-refractivity contribution in [2.75, 3.05) is 6.54 Å². The SMILES string of the molecule is CC(Cc1cccc(F)c1)C(=O)N1CCCC1(C)C(=O)O. The summed E-state index contributed by atoms with van der Waals surface area (Å²) in [4.78, 5) is 25.4. The minimum atomic E-state index is -1.12. The van der Waals surface area contributed by atoms with Gasteiger partial charge in [-0.1, -0.05) is 19.1 Å². The summed E-state index contributed by atoms with van der Waals surface area (Å²) in [6.45, 7) is 3.82. The van der Waals surface area contributed by atoms with Crippen molar-refractivity contribution >= 4 is 11.9 Å². The number of amides is 1. The van der Waals surface area contributed by atoms with Crippen LogP contribution in [0.25, 0.3) is 0 Å². The van der Waals surface area contributed by atoms with Gasteiger partial charge in [0, 0.05) is 12.5 Å². The molecule has 2 atom stereocenters. The summed E-state index contributed by atoms with van der Waals surface area (Å²) in [5.74, 6) is -1.85. The van der Waals surface area contributed by atoms with Crippen molar-refractivity contribution in [1.82, 2.24) is 4.90 Å². The molecule has 1 N–H and O–H groups in total. The topological polar surface area (TPSA) is 57.6 Å². The molecule has 1 fully saturated rings. The maximum absolute atomic E-state index is 13.2. The van der Waals surface area contributed by atoms with Gasteiger partial charge in [0.1, 0.15) is 11.4 Å². The molecule has 1 aliphatic heterocycles. The zero-order valence-corrected chi connectivity index (χ0v) is 12.3. The van der Waals surface area contributed by atoms with E-state index in [2.05, 4.69) is 0 Å². The number of nitrogens with zero attached hydrogens (tertiary/aromatic N) is 1. The fraction of sp³-hybridized carbons (Fsp3) is 0.500. The quantitative estimate of drug-likeness (QED) is 0.927. The highest BCUT2D eigenvalue weighted by molar-refractivity contribution is 5.88. The number of hydrogen-bond acceptors (Lipinski definition) is 2. The number of rotatable bonds is 4. The molecular formula is C16H20FNO3. The molecule has 2 unspecified atom stereocenters. The predicted molar refractivity (Wildman–Crippen MR) is 76.3 cm³/mol. The molecule has 1 amide bonds. The fourth-order valence-corrected chi connectivity index (χ4v) is 2.91. The Balaban J connectivity index is 2.10. The van der Waals surface area contributed by atoms with Crippen LogP contribution in [0, 0.1) is 11.7 Å². The molecule has 1 aromatic carbocycles. The van der Waals surface area contributed by atoms with Gasteiger partial charge in [-0.3, -0.25) is 4.79 Å². The molecule has 1 aliphatic rings. The molecule has 5 heteroatoms. The van der Waals surface area contributed by atoms with Gasteiger partial charge in [0.25, 0.3) is 0 Å². The molecule has 1 aromatic rings. The van der Waals surface area contributed by atoms with Gasteiger partial charge in [0.15, 0.2) is 0 Å². The Hall–Kier alpha value is -1.91. The van der Waals surface area contributed by atoms with Crippen LogP contribution in [-0.4, -0.2) is 34.0 Å². The predicted octanol–water partition coefficient (Wildman–Crippen LogP) is 2.47. The molecule has 0 aromatic heterocycles. The maximum Gasteiger partial charge on any atom is 0.329 e. The van der Waals surface area contributed by atoms with Crippen LogP contribution in [0.1, 0.15) is 32.3 Å². The molecule has 1 saturated heterocycles. The van der Waals surface area contributed by atoms with E-state index in [-0.39, 0.29) is 17.6 Å². The molecule has 0 saturated carbocycles. The lowest BCUT2D eigenvalue weighted by atomic mass is 9.95. The number of likely N-dealkylation sites (tertiary alicyclic amines) is 1. The summed E-state index contributed by atoms with van der Waals surface area (Å²) >= 11 is 0. The minimum absolute atomic E-state index is 0.179. The number of benzene rings is 1. The van der Waals surface area contributed by atoms with E-state index in [4.69, 9.17) is 0 Å². The van der Waals surface area contributed by atoms with E-state index in [1.54, 1.807) is 26.0 Å². The molecule has 0 spiro atoms. The van der Waals surface area contributed by atoms with Crippen LogP contribution in [0.2, 0.25) is 0 Å². The smallest absolute Gasteiger partial charge is 0.329 e. The molecular weight excluding hydrogens is 273 g/mol. The van der Waals surface area contributed by atoms with Gasteiger partial charge < -0.3 is 10.0 Å². The van der Waals surface area contributed by atoms with Crippen LogP contribution in [0.15, 0.2) is 24.3 Å². The van der Waals surface area contributed by atoms with E-state index in [0.29, 0.717) is 25.8 Å². The highest BCUT2D eigenvalue weighted by Gasteiger charge is 2.46. The third-order valence-corrected chi connectivity index (χ3v) is 4.22. The summed E-state index contributed by atoms with van der Waals surface area (Å²) in [6, 6.07) is 6.15. The molecule has 0 bridgehead atoms. The van der Waals surface area contributed by atoms with Crippen LogP contribution in [0.4, 0.5) is 4.39 Å². The van der Waals surface area contributed by atoms with E-state index in [9.17, 15) is 19.1 Å². The average molecular weight is 293 g/mol. The third-order valence-electron chi connectivity index (χ3n) is 4.22. The second kappa shape index (κ2) is 5.84. The lowest BCUT2D eigenvalue weighted by Gasteiger charge is -2.33. The molecule has 0 aliphatic carbocycles. The Kier molecular flexibility index (Phi) is 4.30. The van der Waals surface area contributed by atoms with Gasteiger partial charge in [-0.25, -0.2) is 9.18 Å². The molecule has 2 rings (SSSR count). The van der Waals surface area contributed by atoms with Crippen LogP contribution in [0.5, 0.6) is 0 Å². The van der Waals surface area contributed by atoms with Crippen molar-refractivity contribution in [3.8, 4) is 0 Å². The lowest BCUT2D eigenvalue weighted by molar-refractivity contribution is -0.156. The largest absolute Gasteiger partial charge is 0.480 e. The van der Waals surface area contributed by atoms with Crippen molar-refractivity contribution in [2.45, 2.75) is 38.6 Å². The number of hydrogen-bond donors (Lipinski definition) is 1. The number of carbonyl (C=O) groups excluding carboxylic acids is 1. The van der Waals surface area contributed by atoms with E-state index >= 15 is 0 Å². The van der Waals surface area contributed by atoms with Crippen molar-refractivity contribution in [1.29, 1.82) is 0 Å². The summed E-state index contributed by atoms with van der Waals surface area (Å²) < 4.78 is 13.2. The standard InChI is InChI=1S/C16H20FNO3/c1-11(9-12-5-3-6-13(17)10-12)14(19)18-8-4-7-16(18,2)15(20)21/h3,5-6,10-11H,4,7-9H2,1-2H3,(H,20,21).